The van der Waals surface area contributed by atoms with Crippen LogP contribution in [-0.4, -0.2) is 38.8 Å². The molecule has 1 aromatic rings. The van der Waals surface area contributed by atoms with Crippen LogP contribution in [0.3, 0.4) is 0 Å². The van der Waals surface area contributed by atoms with Crippen molar-refractivity contribution in [3.8, 4) is 11.5 Å². The second-order valence-corrected chi connectivity index (χ2v) is 6.81. The van der Waals surface area contributed by atoms with E-state index in [0.29, 0.717) is 23.8 Å². The van der Waals surface area contributed by atoms with Crippen LogP contribution in [0.4, 0.5) is 0 Å². The summed E-state index contributed by atoms with van der Waals surface area (Å²) in [6.07, 6.45) is 7.28. The molecule has 0 radical (unpaired) electrons. The van der Waals surface area contributed by atoms with Gasteiger partial charge in [0.2, 0.25) is 0 Å². The maximum Gasteiger partial charge on any atom is 0.251 e. The number of rotatable bonds is 6. The molecule has 1 unspecified atom stereocenters. The van der Waals surface area contributed by atoms with Gasteiger partial charge in [0.15, 0.2) is 11.5 Å². The Kier molecular flexibility index (Phi) is 7.85. The summed E-state index contributed by atoms with van der Waals surface area (Å²) in [6, 6.07) is 5.45. The molecule has 2 N–H and O–H groups in total. The number of methoxy groups -OCH3 is 1. The smallest absolute Gasteiger partial charge is 0.251 e. The molecule has 1 atom stereocenters. The highest BCUT2D eigenvalue weighted by Gasteiger charge is 2.20. The first-order chi connectivity index (χ1) is 11.8. The Balaban J connectivity index is 0.00000225. The van der Waals surface area contributed by atoms with Crippen molar-refractivity contribution >= 4 is 18.3 Å². The van der Waals surface area contributed by atoms with E-state index in [1.807, 2.05) is 12.1 Å². The number of halogens is 1. The third kappa shape index (κ3) is 5.51. The molecule has 0 bridgehead atoms. The maximum atomic E-state index is 12.4. The van der Waals surface area contributed by atoms with E-state index in [2.05, 4.69) is 10.6 Å². The van der Waals surface area contributed by atoms with Gasteiger partial charge in [-0.1, -0.05) is 0 Å². The molecule has 2 fully saturated rings. The first kappa shape index (κ1) is 19.9. The highest BCUT2D eigenvalue weighted by molar-refractivity contribution is 5.94. The number of hydrogen-bond donors (Lipinski definition) is 2. The first-order valence-corrected chi connectivity index (χ1v) is 9.10. The monoisotopic (exact) mass is 368 g/mol. The van der Waals surface area contributed by atoms with Gasteiger partial charge in [0.25, 0.3) is 5.91 Å². The fourth-order valence-electron chi connectivity index (χ4n) is 3.53. The van der Waals surface area contributed by atoms with Crippen molar-refractivity contribution < 1.29 is 14.3 Å². The van der Waals surface area contributed by atoms with Crippen LogP contribution in [0.25, 0.3) is 0 Å². The third-order valence-electron chi connectivity index (χ3n) is 4.97. The van der Waals surface area contributed by atoms with Gasteiger partial charge in [0, 0.05) is 12.1 Å². The van der Waals surface area contributed by atoms with Gasteiger partial charge in [-0.3, -0.25) is 4.79 Å². The molecule has 1 saturated heterocycles. The minimum Gasteiger partial charge on any atom is -0.493 e. The Labute approximate surface area is 156 Å². The van der Waals surface area contributed by atoms with Gasteiger partial charge in [-0.2, -0.15) is 0 Å². The van der Waals surface area contributed by atoms with E-state index in [9.17, 15) is 4.79 Å². The Morgan fingerprint density at radius 3 is 2.68 bits per heavy atom. The second kappa shape index (κ2) is 9.88. The average Bonchev–Trinajstić information content (AvgIpc) is 3.14. The number of piperidine rings is 1. The number of ether oxygens (including phenoxy) is 2. The van der Waals surface area contributed by atoms with Gasteiger partial charge in [-0.15, -0.1) is 12.4 Å². The molecule has 1 saturated carbocycles. The normalized spacial score (nSPS) is 20.6. The van der Waals surface area contributed by atoms with Gasteiger partial charge in [0.05, 0.1) is 13.2 Å². The Morgan fingerprint density at radius 2 is 2.00 bits per heavy atom. The van der Waals surface area contributed by atoms with Gasteiger partial charge < -0.3 is 20.1 Å². The molecule has 1 aliphatic carbocycles. The van der Waals surface area contributed by atoms with Gasteiger partial charge in [-0.05, 0) is 75.7 Å². The fraction of sp³-hybridized carbons (Fsp3) is 0.632. The lowest BCUT2D eigenvalue weighted by Gasteiger charge is -2.23. The van der Waals surface area contributed by atoms with Crippen molar-refractivity contribution in [3.63, 3.8) is 0 Å². The number of carbonyl (C=O) groups excluding carboxylic acids is 1. The summed E-state index contributed by atoms with van der Waals surface area (Å²) in [7, 11) is 1.62. The second-order valence-electron chi connectivity index (χ2n) is 6.81. The molecular weight excluding hydrogens is 340 g/mol. The van der Waals surface area contributed by atoms with E-state index in [-0.39, 0.29) is 24.4 Å². The highest BCUT2D eigenvalue weighted by atomic mass is 35.5. The predicted molar refractivity (Wildman–Crippen MR) is 101 cm³/mol. The lowest BCUT2D eigenvalue weighted by molar-refractivity contribution is 0.0944. The molecule has 0 spiro atoms. The van der Waals surface area contributed by atoms with Crippen LogP contribution in [0, 0.1) is 5.92 Å². The zero-order chi connectivity index (χ0) is 16.8. The van der Waals surface area contributed by atoms with Crippen molar-refractivity contribution in [2.45, 2.75) is 44.6 Å². The van der Waals surface area contributed by atoms with Crippen LogP contribution in [0.2, 0.25) is 0 Å². The summed E-state index contributed by atoms with van der Waals surface area (Å²) in [6.45, 7) is 2.79. The maximum absolute atomic E-state index is 12.4. The number of carbonyl (C=O) groups is 1. The highest BCUT2D eigenvalue weighted by Crippen LogP contribution is 2.32. The van der Waals surface area contributed by atoms with Crippen molar-refractivity contribution in [2.75, 3.05) is 26.7 Å². The molecule has 1 aliphatic heterocycles. The van der Waals surface area contributed by atoms with Crippen LogP contribution in [0.15, 0.2) is 18.2 Å². The van der Waals surface area contributed by atoms with E-state index in [1.165, 1.54) is 25.7 Å². The lowest BCUT2D eigenvalue weighted by Crippen LogP contribution is -2.38. The van der Waals surface area contributed by atoms with E-state index >= 15 is 0 Å². The van der Waals surface area contributed by atoms with Crippen LogP contribution < -0.4 is 20.1 Å². The molecule has 1 aromatic carbocycles. The van der Waals surface area contributed by atoms with Crippen LogP contribution in [0.5, 0.6) is 11.5 Å². The molecule has 6 heteroatoms. The largest absolute Gasteiger partial charge is 0.493 e. The van der Waals surface area contributed by atoms with E-state index < -0.39 is 0 Å². The zero-order valence-electron chi connectivity index (χ0n) is 14.9. The zero-order valence-corrected chi connectivity index (χ0v) is 15.7. The standard InChI is InChI=1S/C19H28N2O3.ClH/c1-23-18-11-15(8-9-17(18)24-16-6-2-3-7-16)19(22)21-13-14-5-4-10-20-12-14;/h8-9,11,14,16,20H,2-7,10,12-13H2,1H3,(H,21,22);1H. The molecule has 1 amide bonds. The van der Waals surface area contributed by atoms with Crippen molar-refractivity contribution in [2.24, 2.45) is 5.92 Å². The van der Waals surface area contributed by atoms with Gasteiger partial charge in [0.1, 0.15) is 0 Å². The summed E-state index contributed by atoms with van der Waals surface area (Å²) in [5.41, 5.74) is 0.620. The van der Waals surface area contributed by atoms with Gasteiger partial charge >= 0.3 is 0 Å². The Hall–Kier alpha value is -1.46. The first-order valence-electron chi connectivity index (χ1n) is 9.10. The average molecular weight is 369 g/mol. The number of nitrogens with one attached hydrogen (secondary N) is 2. The number of hydrogen-bond acceptors (Lipinski definition) is 4. The summed E-state index contributed by atoms with van der Waals surface area (Å²) in [4.78, 5) is 12.4. The molecule has 3 rings (SSSR count). The molecule has 5 nitrogen and oxygen atoms in total. The predicted octanol–water partition coefficient (Wildman–Crippen LogP) is 3.17. The Bertz CT molecular complexity index is 556. The van der Waals surface area contributed by atoms with Crippen LogP contribution in [0.1, 0.15) is 48.9 Å². The lowest BCUT2D eigenvalue weighted by atomic mass is 9.99. The quantitative estimate of drug-likeness (QED) is 0.809. The summed E-state index contributed by atoms with van der Waals surface area (Å²) >= 11 is 0. The van der Waals surface area contributed by atoms with Crippen molar-refractivity contribution in [1.82, 2.24) is 10.6 Å². The minimum atomic E-state index is -0.0497. The molecule has 2 aliphatic rings. The summed E-state index contributed by atoms with van der Waals surface area (Å²) in [5.74, 6) is 1.84. The number of benzene rings is 1. The van der Waals surface area contributed by atoms with Crippen LogP contribution in [-0.2, 0) is 0 Å². The Morgan fingerprint density at radius 1 is 1.20 bits per heavy atom. The fourth-order valence-corrected chi connectivity index (χ4v) is 3.53. The summed E-state index contributed by atoms with van der Waals surface area (Å²) in [5, 5.41) is 6.41. The molecular formula is C19H29ClN2O3. The van der Waals surface area contributed by atoms with E-state index in [0.717, 1.165) is 31.7 Å². The van der Waals surface area contributed by atoms with E-state index in [1.54, 1.807) is 13.2 Å². The van der Waals surface area contributed by atoms with Crippen molar-refractivity contribution in [1.29, 1.82) is 0 Å². The molecule has 1 heterocycles. The SMILES string of the molecule is COc1cc(C(=O)NCC2CCCNC2)ccc1OC1CCCC1.Cl. The molecule has 25 heavy (non-hydrogen) atoms. The van der Waals surface area contributed by atoms with Gasteiger partial charge in [-0.25, -0.2) is 0 Å². The van der Waals surface area contributed by atoms with Crippen molar-refractivity contribution in [3.05, 3.63) is 23.8 Å². The topological polar surface area (TPSA) is 59.6 Å². The molecule has 140 valence electrons. The minimum absolute atomic E-state index is 0. The number of amides is 1. The third-order valence-corrected chi connectivity index (χ3v) is 4.97. The van der Waals surface area contributed by atoms with Crippen LogP contribution >= 0.6 is 12.4 Å². The summed E-state index contributed by atoms with van der Waals surface area (Å²) < 4.78 is 11.4. The molecule has 0 aromatic heterocycles. The van der Waals surface area contributed by atoms with E-state index in [4.69, 9.17) is 9.47 Å².